The summed E-state index contributed by atoms with van der Waals surface area (Å²) >= 11 is 0. The Labute approximate surface area is 190 Å². The Morgan fingerprint density at radius 1 is 1.16 bits per heavy atom. The molecular weight excluding hydrogens is 400 g/mol. The van der Waals surface area contributed by atoms with Crippen molar-refractivity contribution in [3.63, 3.8) is 0 Å². The molecule has 5 atom stereocenters. The number of carbonyl (C=O) groups is 1. The van der Waals surface area contributed by atoms with Crippen molar-refractivity contribution in [2.75, 3.05) is 6.79 Å². The van der Waals surface area contributed by atoms with Gasteiger partial charge >= 0.3 is 0 Å². The van der Waals surface area contributed by atoms with Crippen LogP contribution < -0.4 is 9.47 Å². The lowest BCUT2D eigenvalue weighted by atomic mass is 9.53. The Balaban J connectivity index is 1.54. The lowest BCUT2D eigenvalue weighted by molar-refractivity contribution is -0.115. The Kier molecular flexibility index (Phi) is 4.33. The molecule has 0 amide bonds. The first kappa shape index (κ1) is 20.3. The van der Waals surface area contributed by atoms with E-state index in [2.05, 4.69) is 32.6 Å². The van der Waals surface area contributed by atoms with Crippen molar-refractivity contribution in [3.8, 4) is 11.5 Å². The van der Waals surface area contributed by atoms with Crippen molar-refractivity contribution in [2.45, 2.75) is 70.3 Å². The van der Waals surface area contributed by atoms with Crippen molar-refractivity contribution in [3.05, 3.63) is 58.7 Å². The summed E-state index contributed by atoms with van der Waals surface area (Å²) in [6.45, 7) is 8.87. The highest BCUT2D eigenvalue weighted by Crippen LogP contribution is 2.66. The Morgan fingerprint density at radius 2 is 1.97 bits per heavy atom. The zero-order chi connectivity index (χ0) is 22.3. The fraction of sp³-hybridized carbons (Fsp3) is 0.536. The molecule has 0 bridgehead atoms. The summed E-state index contributed by atoms with van der Waals surface area (Å²) in [5, 5.41) is 12.4. The normalized spacial score (nSPS) is 37.5. The summed E-state index contributed by atoms with van der Waals surface area (Å²) < 4.78 is 11.3. The van der Waals surface area contributed by atoms with E-state index in [1.54, 1.807) is 0 Å². The molecular formula is C28H32O4. The van der Waals surface area contributed by atoms with E-state index in [0.717, 1.165) is 49.2 Å². The van der Waals surface area contributed by atoms with Gasteiger partial charge < -0.3 is 14.6 Å². The van der Waals surface area contributed by atoms with Gasteiger partial charge in [0.2, 0.25) is 6.79 Å². The number of hydrogen-bond acceptors (Lipinski definition) is 4. The van der Waals surface area contributed by atoms with Gasteiger partial charge in [-0.15, -0.1) is 0 Å². The zero-order valence-electron chi connectivity index (χ0n) is 19.1. The number of benzene rings is 1. The van der Waals surface area contributed by atoms with Crippen LogP contribution in [0.3, 0.4) is 0 Å². The molecule has 32 heavy (non-hydrogen) atoms. The van der Waals surface area contributed by atoms with Crippen LogP contribution in [-0.4, -0.2) is 23.3 Å². The van der Waals surface area contributed by atoms with E-state index in [4.69, 9.17) is 9.47 Å². The van der Waals surface area contributed by atoms with Crippen molar-refractivity contribution in [1.29, 1.82) is 0 Å². The van der Waals surface area contributed by atoms with Gasteiger partial charge in [0, 0.05) is 17.8 Å². The molecule has 1 heterocycles. The molecule has 0 radical (unpaired) electrons. The minimum Gasteiger partial charge on any atom is -0.454 e. The maximum absolute atomic E-state index is 12.4. The Bertz CT molecular complexity index is 1090. The highest BCUT2D eigenvalue weighted by molar-refractivity contribution is 5.93. The number of ether oxygens (including phenoxy) is 2. The van der Waals surface area contributed by atoms with Gasteiger partial charge in [-0.05, 0) is 92.2 Å². The molecule has 1 aromatic carbocycles. The number of fused-ring (bicyclic) bond motifs is 5. The topological polar surface area (TPSA) is 55.8 Å². The van der Waals surface area contributed by atoms with Crippen molar-refractivity contribution < 1.29 is 19.4 Å². The predicted octanol–water partition coefficient (Wildman–Crippen LogP) is 5.62. The molecule has 4 aliphatic carbocycles. The highest BCUT2D eigenvalue weighted by atomic mass is 16.7. The SMILES string of the molecule is C=C(C)[C@]1(C)CCC2C3CCC4=CC(=O)CCC4=C3[C@@H](c3ccc4c(c3)OCO4)C[C@@]21O. The molecule has 0 aromatic heterocycles. The molecule has 1 aliphatic heterocycles. The van der Waals surface area contributed by atoms with Crippen molar-refractivity contribution in [1.82, 2.24) is 0 Å². The number of rotatable bonds is 2. The molecule has 4 heteroatoms. The second kappa shape index (κ2) is 6.84. The van der Waals surface area contributed by atoms with Gasteiger partial charge in [0.05, 0.1) is 5.60 Å². The van der Waals surface area contributed by atoms with Crippen LogP contribution in [-0.2, 0) is 4.79 Å². The fourth-order valence-corrected chi connectivity index (χ4v) is 7.54. The fourth-order valence-electron chi connectivity index (χ4n) is 7.54. The smallest absolute Gasteiger partial charge is 0.231 e. The van der Waals surface area contributed by atoms with E-state index in [1.165, 1.54) is 22.3 Å². The summed E-state index contributed by atoms with van der Waals surface area (Å²) in [4.78, 5) is 12.2. The van der Waals surface area contributed by atoms with Gasteiger partial charge in [-0.2, -0.15) is 0 Å². The molecule has 2 fully saturated rings. The molecule has 4 nitrogen and oxygen atoms in total. The third-order valence-corrected chi connectivity index (χ3v) is 9.46. The standard InChI is InChI=1S/C28H32O4/c1-16(2)27(3)11-10-23-21-7-4-17-12-19(29)6-8-20(17)26(21)22(14-28(23,27)30)18-5-9-24-25(13-18)32-15-31-24/h5,9,12-13,21-23,30H,1,4,6-8,10-11,14-15H2,2-3H3/t21?,22-,23?,27+,28-/m1/s1. The molecule has 168 valence electrons. The molecule has 1 aromatic rings. The van der Waals surface area contributed by atoms with E-state index in [0.29, 0.717) is 18.8 Å². The largest absolute Gasteiger partial charge is 0.454 e. The number of ketones is 1. The first-order valence-electron chi connectivity index (χ1n) is 12.1. The third kappa shape index (κ3) is 2.62. The third-order valence-electron chi connectivity index (χ3n) is 9.46. The lowest BCUT2D eigenvalue weighted by Crippen LogP contribution is -2.54. The van der Waals surface area contributed by atoms with Crippen molar-refractivity contribution in [2.24, 2.45) is 17.3 Å². The summed E-state index contributed by atoms with van der Waals surface area (Å²) in [6.07, 6.45) is 7.99. The van der Waals surface area contributed by atoms with Crippen LogP contribution in [0.4, 0.5) is 0 Å². The maximum atomic E-state index is 12.4. The van der Waals surface area contributed by atoms with Crippen LogP contribution in [0, 0.1) is 17.3 Å². The van der Waals surface area contributed by atoms with E-state index in [-0.39, 0.29) is 29.8 Å². The van der Waals surface area contributed by atoms with E-state index >= 15 is 0 Å². The maximum Gasteiger partial charge on any atom is 0.231 e. The monoisotopic (exact) mass is 432 g/mol. The molecule has 2 unspecified atom stereocenters. The van der Waals surface area contributed by atoms with Gasteiger partial charge in [0.25, 0.3) is 0 Å². The van der Waals surface area contributed by atoms with Crippen LogP contribution in [0.2, 0.25) is 0 Å². The minimum absolute atomic E-state index is 0.111. The quantitative estimate of drug-likeness (QED) is 0.616. The minimum atomic E-state index is -0.777. The second-order valence-electron chi connectivity index (χ2n) is 10.8. The molecule has 2 saturated carbocycles. The van der Waals surface area contributed by atoms with Gasteiger partial charge in [-0.1, -0.05) is 30.7 Å². The number of allylic oxidation sites excluding steroid dienone is 4. The highest BCUT2D eigenvalue weighted by Gasteiger charge is 2.63. The van der Waals surface area contributed by atoms with Crippen LogP contribution in [0.25, 0.3) is 0 Å². The average molecular weight is 433 g/mol. The molecule has 5 aliphatic rings. The summed E-state index contributed by atoms with van der Waals surface area (Å²) in [5.74, 6) is 2.54. The average Bonchev–Trinajstić information content (AvgIpc) is 3.35. The first-order valence-corrected chi connectivity index (χ1v) is 12.1. The van der Waals surface area contributed by atoms with Gasteiger partial charge in [-0.25, -0.2) is 0 Å². The lowest BCUT2D eigenvalue weighted by Gasteiger charge is -2.54. The van der Waals surface area contributed by atoms with E-state index < -0.39 is 5.60 Å². The van der Waals surface area contributed by atoms with Gasteiger partial charge in [0.1, 0.15) is 0 Å². The molecule has 1 N–H and O–H groups in total. The van der Waals surface area contributed by atoms with Gasteiger partial charge in [0.15, 0.2) is 17.3 Å². The molecule has 0 saturated heterocycles. The predicted molar refractivity (Wildman–Crippen MR) is 123 cm³/mol. The van der Waals surface area contributed by atoms with Crippen LogP contribution >= 0.6 is 0 Å². The Hall–Kier alpha value is -2.33. The van der Waals surface area contributed by atoms with Gasteiger partial charge in [-0.3, -0.25) is 4.79 Å². The summed E-state index contributed by atoms with van der Waals surface area (Å²) in [5.41, 5.74) is 5.33. The van der Waals surface area contributed by atoms with Crippen molar-refractivity contribution >= 4 is 5.78 Å². The number of aliphatic hydroxyl groups is 1. The van der Waals surface area contributed by atoms with E-state index in [9.17, 15) is 9.90 Å². The number of carbonyl (C=O) groups excluding carboxylic acids is 1. The first-order chi connectivity index (χ1) is 15.3. The van der Waals surface area contributed by atoms with Crippen LogP contribution in [0.15, 0.2) is 53.1 Å². The van der Waals surface area contributed by atoms with Crippen LogP contribution in [0.5, 0.6) is 11.5 Å². The zero-order valence-corrected chi connectivity index (χ0v) is 19.1. The molecule has 0 spiro atoms. The summed E-state index contributed by atoms with van der Waals surface area (Å²) in [6, 6.07) is 6.26. The summed E-state index contributed by atoms with van der Waals surface area (Å²) in [7, 11) is 0. The van der Waals surface area contributed by atoms with Crippen LogP contribution in [0.1, 0.15) is 70.3 Å². The molecule has 6 rings (SSSR count). The second-order valence-corrected chi connectivity index (χ2v) is 10.8. The van der Waals surface area contributed by atoms with E-state index in [1.807, 2.05) is 12.1 Å². The Morgan fingerprint density at radius 3 is 2.78 bits per heavy atom. The number of hydrogen-bond donors (Lipinski definition) is 1.